The zero-order valence-corrected chi connectivity index (χ0v) is 22.1. The Morgan fingerprint density at radius 3 is 2.34 bits per heavy atom. The zero-order chi connectivity index (χ0) is 26.7. The maximum absolute atomic E-state index is 13.6. The highest BCUT2D eigenvalue weighted by Gasteiger charge is 2.34. The minimum Gasteiger partial charge on any atom is -0.479 e. The van der Waals surface area contributed by atoms with Gasteiger partial charge in [0.1, 0.15) is 6.33 Å². The number of hydrogen-bond donors (Lipinski definition) is 1. The number of halogens is 1. The van der Waals surface area contributed by atoms with Crippen molar-refractivity contribution in [2.45, 2.75) is 18.1 Å². The predicted octanol–water partition coefficient (Wildman–Crippen LogP) is 2.60. The monoisotopic (exact) mass is 557 g/mol. The van der Waals surface area contributed by atoms with Crippen molar-refractivity contribution in [1.29, 1.82) is 0 Å². The Kier molecular flexibility index (Phi) is 7.24. The summed E-state index contributed by atoms with van der Waals surface area (Å²) >= 11 is 5.91. The van der Waals surface area contributed by atoms with Crippen molar-refractivity contribution in [2.24, 2.45) is 0 Å². The number of piperidine rings is 1. The van der Waals surface area contributed by atoms with Crippen LogP contribution in [0.5, 0.6) is 11.8 Å². The largest absolute Gasteiger partial charge is 0.479 e. The van der Waals surface area contributed by atoms with E-state index >= 15 is 0 Å². The second-order valence-corrected chi connectivity index (χ2v) is 10.7. The zero-order valence-electron chi connectivity index (χ0n) is 20.5. The molecule has 1 aliphatic rings. The molecule has 0 spiro atoms. The Hall–Kier alpha value is -4.04. The van der Waals surface area contributed by atoms with Gasteiger partial charge in [-0.15, -0.1) is 10.2 Å². The van der Waals surface area contributed by atoms with Gasteiger partial charge < -0.3 is 14.4 Å². The minimum absolute atomic E-state index is 0.0601. The van der Waals surface area contributed by atoms with Crippen LogP contribution in [0, 0.1) is 0 Å². The fraction of sp³-hybridized carbons (Fsp3) is 0.304. The third-order valence-corrected chi connectivity index (χ3v) is 7.93. The minimum atomic E-state index is -3.94. The molecule has 0 aliphatic carbocycles. The van der Waals surface area contributed by atoms with Crippen molar-refractivity contribution in [3.63, 3.8) is 0 Å². The average molecular weight is 558 g/mol. The van der Waals surface area contributed by atoms with E-state index in [4.69, 9.17) is 21.1 Å². The number of nitrogens with one attached hydrogen (secondary N) is 1. The van der Waals surface area contributed by atoms with Crippen molar-refractivity contribution in [3.8, 4) is 28.8 Å². The molecule has 0 unspecified atom stereocenters. The number of benzene rings is 1. The lowest BCUT2D eigenvalue weighted by Gasteiger charge is -2.32. The molecule has 4 aromatic rings. The Morgan fingerprint density at radius 2 is 1.68 bits per heavy atom. The Balaban J connectivity index is 1.54. The summed E-state index contributed by atoms with van der Waals surface area (Å²) in [5.74, 6) is 1.00. The highest BCUT2D eigenvalue weighted by Crippen LogP contribution is 2.35. The van der Waals surface area contributed by atoms with E-state index < -0.39 is 15.3 Å². The maximum Gasteiger partial charge on any atom is 0.245 e. The van der Waals surface area contributed by atoms with Crippen molar-refractivity contribution < 1.29 is 17.9 Å². The van der Waals surface area contributed by atoms with Gasteiger partial charge in [-0.25, -0.2) is 18.4 Å². The number of ether oxygens (including phenoxy) is 2. The summed E-state index contributed by atoms with van der Waals surface area (Å²) in [6.45, 7) is 0.815. The average Bonchev–Trinajstić information content (AvgIpc) is 3.35. The fourth-order valence-electron chi connectivity index (χ4n) is 4.23. The Bertz CT molecular complexity index is 1500. The van der Waals surface area contributed by atoms with Crippen LogP contribution < -0.4 is 19.1 Å². The molecule has 1 saturated heterocycles. The van der Waals surface area contributed by atoms with Crippen LogP contribution in [0.3, 0.4) is 0 Å². The van der Waals surface area contributed by atoms with E-state index in [1.54, 1.807) is 0 Å². The standard InChI is InChI=1S/C23H24ClN9O4S/c1-36-20-18(21(37-2)28-14-27-20)33-19(15-7-4-3-5-8-15)29-30-23(33)31-38(34,35)17-9-6-10-32(13-17)22-25-11-16(24)12-26-22/h3-5,7-8,11-12,14,17H,6,9-10,13H2,1-2H3,(H,30,31)/t17-/m0/s1. The maximum atomic E-state index is 13.6. The molecule has 0 radical (unpaired) electrons. The second-order valence-electron chi connectivity index (χ2n) is 8.35. The summed E-state index contributed by atoms with van der Waals surface area (Å²) in [6.07, 6.45) is 5.33. The number of aromatic nitrogens is 7. The number of methoxy groups -OCH3 is 2. The van der Waals surface area contributed by atoms with Gasteiger partial charge in [-0.05, 0) is 12.8 Å². The van der Waals surface area contributed by atoms with Crippen molar-refractivity contribution in [1.82, 2.24) is 34.7 Å². The van der Waals surface area contributed by atoms with Gasteiger partial charge in [-0.3, -0.25) is 9.29 Å². The second kappa shape index (κ2) is 10.8. The van der Waals surface area contributed by atoms with E-state index in [-0.39, 0.29) is 29.9 Å². The SMILES string of the molecule is COc1ncnc(OC)c1-n1c(NS(=O)(=O)[C@H]2CCCN(c3ncc(Cl)cn3)C2)nnc1-c1ccccc1. The topological polar surface area (TPSA) is 150 Å². The lowest BCUT2D eigenvalue weighted by Crippen LogP contribution is -2.45. The summed E-state index contributed by atoms with van der Waals surface area (Å²) in [6, 6.07) is 9.19. The smallest absolute Gasteiger partial charge is 0.245 e. The first-order valence-electron chi connectivity index (χ1n) is 11.6. The van der Waals surface area contributed by atoms with E-state index in [2.05, 4.69) is 34.9 Å². The molecule has 0 saturated carbocycles. The predicted molar refractivity (Wildman–Crippen MR) is 140 cm³/mol. The first-order valence-corrected chi connectivity index (χ1v) is 13.5. The molecule has 38 heavy (non-hydrogen) atoms. The van der Waals surface area contributed by atoms with E-state index in [1.807, 2.05) is 35.2 Å². The third kappa shape index (κ3) is 5.04. The van der Waals surface area contributed by atoms with E-state index in [0.717, 1.165) is 0 Å². The molecular weight excluding hydrogens is 534 g/mol. The summed E-state index contributed by atoms with van der Waals surface area (Å²) in [4.78, 5) is 18.6. The van der Waals surface area contributed by atoms with Gasteiger partial charge in [0, 0.05) is 18.7 Å². The van der Waals surface area contributed by atoms with Crippen molar-refractivity contribution in [3.05, 3.63) is 54.1 Å². The van der Waals surface area contributed by atoms with Gasteiger partial charge in [-0.1, -0.05) is 41.9 Å². The molecule has 1 fully saturated rings. The molecule has 15 heteroatoms. The molecular formula is C23H24ClN9O4S. The number of hydrogen-bond acceptors (Lipinski definition) is 11. The number of nitrogens with zero attached hydrogens (tertiary/aromatic N) is 8. The van der Waals surface area contributed by atoms with E-state index in [9.17, 15) is 8.42 Å². The number of anilines is 2. The third-order valence-electron chi connectivity index (χ3n) is 6.00. The summed E-state index contributed by atoms with van der Waals surface area (Å²) in [5.41, 5.74) is 0.932. The van der Waals surface area contributed by atoms with Crippen molar-refractivity contribution in [2.75, 3.05) is 36.9 Å². The molecule has 0 amide bonds. The van der Waals surface area contributed by atoms with Gasteiger partial charge >= 0.3 is 0 Å². The molecule has 5 rings (SSSR count). The van der Waals surface area contributed by atoms with Crippen LogP contribution >= 0.6 is 11.6 Å². The lowest BCUT2D eigenvalue weighted by molar-refractivity contribution is 0.368. The molecule has 0 bridgehead atoms. The van der Waals surface area contributed by atoms with Crippen LogP contribution in [-0.2, 0) is 10.0 Å². The van der Waals surface area contributed by atoms with Gasteiger partial charge in [0.2, 0.25) is 33.7 Å². The van der Waals surface area contributed by atoms with Crippen LogP contribution in [0.4, 0.5) is 11.9 Å². The Morgan fingerprint density at radius 1 is 1.00 bits per heavy atom. The van der Waals surface area contributed by atoms with Gasteiger partial charge in [0.15, 0.2) is 11.5 Å². The highest BCUT2D eigenvalue weighted by molar-refractivity contribution is 7.93. The number of rotatable bonds is 8. The molecule has 4 heterocycles. The highest BCUT2D eigenvalue weighted by atomic mass is 35.5. The quantitative estimate of drug-likeness (QED) is 0.340. The van der Waals surface area contributed by atoms with Crippen LogP contribution in [0.2, 0.25) is 5.02 Å². The van der Waals surface area contributed by atoms with Crippen LogP contribution in [-0.4, -0.2) is 75.7 Å². The molecule has 1 aromatic carbocycles. The molecule has 1 atom stereocenters. The normalized spacial score (nSPS) is 15.8. The first-order chi connectivity index (χ1) is 18.4. The summed E-state index contributed by atoms with van der Waals surface area (Å²) < 4.78 is 42.3. The van der Waals surface area contributed by atoms with E-state index in [0.29, 0.717) is 41.7 Å². The first kappa shape index (κ1) is 25.6. The van der Waals surface area contributed by atoms with Gasteiger partial charge in [-0.2, -0.15) is 9.97 Å². The molecule has 198 valence electrons. The van der Waals surface area contributed by atoms with Crippen LogP contribution in [0.25, 0.3) is 17.1 Å². The summed E-state index contributed by atoms with van der Waals surface area (Å²) in [7, 11) is -1.06. The molecule has 3 aromatic heterocycles. The van der Waals surface area contributed by atoms with Gasteiger partial charge in [0.05, 0.1) is 36.9 Å². The molecule has 13 nitrogen and oxygen atoms in total. The van der Waals surface area contributed by atoms with Crippen LogP contribution in [0.1, 0.15) is 12.8 Å². The van der Waals surface area contributed by atoms with Crippen molar-refractivity contribution >= 4 is 33.5 Å². The molecule has 1 aliphatic heterocycles. The fourth-order valence-corrected chi connectivity index (χ4v) is 5.73. The molecule has 1 N–H and O–H groups in total. The van der Waals surface area contributed by atoms with Crippen LogP contribution in [0.15, 0.2) is 49.1 Å². The Labute approximate surface area is 223 Å². The number of sulfonamides is 1. The lowest BCUT2D eigenvalue weighted by atomic mass is 10.1. The summed E-state index contributed by atoms with van der Waals surface area (Å²) in [5, 5.41) is 8.12. The van der Waals surface area contributed by atoms with Gasteiger partial charge in [0.25, 0.3) is 0 Å². The van der Waals surface area contributed by atoms with E-state index in [1.165, 1.54) is 37.5 Å².